The van der Waals surface area contributed by atoms with Crippen molar-refractivity contribution in [2.45, 2.75) is 19.4 Å². The summed E-state index contributed by atoms with van der Waals surface area (Å²) >= 11 is 3.14. The molecule has 0 spiro atoms. The fourth-order valence-electron chi connectivity index (χ4n) is 0.832. The van der Waals surface area contributed by atoms with E-state index in [4.69, 9.17) is 0 Å². The van der Waals surface area contributed by atoms with Crippen molar-refractivity contribution in [3.8, 4) is 0 Å². The molecule has 1 saturated carbocycles. The number of aromatic nitrogens is 4. The van der Waals surface area contributed by atoms with E-state index in [2.05, 4.69) is 31.3 Å². The average molecular weight is 203 g/mol. The molecule has 0 N–H and O–H groups in total. The third kappa shape index (κ3) is 1.34. The highest BCUT2D eigenvalue weighted by atomic mass is 79.9. The second-order valence-electron chi connectivity index (χ2n) is 2.56. The Kier molecular flexibility index (Phi) is 1.44. The van der Waals surface area contributed by atoms with Crippen LogP contribution in [0, 0.1) is 5.92 Å². The number of nitrogens with zero attached hydrogens (tertiary/aromatic N) is 4. The Morgan fingerprint density at radius 3 is 2.90 bits per heavy atom. The largest absolute Gasteiger partial charge is 0.239 e. The summed E-state index contributed by atoms with van der Waals surface area (Å²) in [6.45, 7) is 0.929. The van der Waals surface area contributed by atoms with Gasteiger partial charge in [0.2, 0.25) is 4.73 Å². The normalized spacial score (nSPS) is 17.7. The maximum absolute atomic E-state index is 4.00. The van der Waals surface area contributed by atoms with E-state index < -0.39 is 0 Å². The molecule has 1 fully saturated rings. The van der Waals surface area contributed by atoms with Crippen LogP contribution < -0.4 is 0 Å². The summed E-state index contributed by atoms with van der Waals surface area (Å²) in [4.78, 5) is 1.64. The fraction of sp³-hybridized carbons (Fsp3) is 0.800. The number of tetrazole rings is 1. The van der Waals surface area contributed by atoms with Gasteiger partial charge in [-0.2, -0.15) is 4.80 Å². The van der Waals surface area contributed by atoms with Gasteiger partial charge in [-0.1, -0.05) is 0 Å². The molecular weight excluding hydrogens is 196 g/mol. The molecule has 1 aromatic heterocycles. The van der Waals surface area contributed by atoms with Crippen molar-refractivity contribution in [1.29, 1.82) is 0 Å². The summed E-state index contributed by atoms with van der Waals surface area (Å²) in [6.07, 6.45) is 2.64. The lowest BCUT2D eigenvalue weighted by molar-refractivity contribution is 0.485. The smallest absolute Gasteiger partial charge is 0.163 e. The van der Waals surface area contributed by atoms with Crippen LogP contribution in [0.1, 0.15) is 12.8 Å². The highest BCUT2D eigenvalue weighted by Crippen LogP contribution is 2.29. The van der Waals surface area contributed by atoms with Gasteiger partial charge in [0.05, 0.1) is 6.54 Å². The van der Waals surface area contributed by atoms with E-state index in [0.717, 1.165) is 12.5 Å². The van der Waals surface area contributed by atoms with Crippen molar-refractivity contribution >= 4 is 15.9 Å². The molecule has 54 valence electrons. The highest BCUT2D eigenvalue weighted by molar-refractivity contribution is 9.10. The Balaban J connectivity index is 2.03. The minimum atomic E-state index is 0.577. The lowest BCUT2D eigenvalue weighted by atomic mass is 10.4. The molecule has 0 saturated heterocycles. The zero-order valence-electron chi connectivity index (χ0n) is 5.37. The first kappa shape index (κ1) is 6.27. The van der Waals surface area contributed by atoms with E-state index in [-0.39, 0.29) is 0 Å². The molecule has 5 heteroatoms. The predicted octanol–water partition coefficient (Wildman–Crippen LogP) is 0.846. The second kappa shape index (κ2) is 2.30. The minimum Gasteiger partial charge on any atom is -0.163 e. The van der Waals surface area contributed by atoms with Crippen LogP contribution in [0.3, 0.4) is 0 Å². The Morgan fingerprint density at radius 2 is 2.40 bits per heavy atom. The van der Waals surface area contributed by atoms with Crippen LogP contribution in [0.25, 0.3) is 0 Å². The van der Waals surface area contributed by atoms with Crippen LogP contribution in [-0.4, -0.2) is 20.2 Å². The maximum atomic E-state index is 4.00. The summed E-state index contributed by atoms with van der Waals surface area (Å²) in [5, 5.41) is 11.5. The molecule has 0 atom stereocenters. The molecule has 0 unspecified atom stereocenters. The van der Waals surface area contributed by atoms with Crippen molar-refractivity contribution in [2.24, 2.45) is 5.92 Å². The van der Waals surface area contributed by atoms with Gasteiger partial charge in [-0.25, -0.2) is 0 Å². The van der Waals surface area contributed by atoms with E-state index in [1.807, 2.05) is 0 Å². The standard InChI is InChI=1S/C5H7BrN4/c6-5-7-9-10(8-5)3-4-1-2-4/h4H,1-3H2. The molecule has 0 aromatic carbocycles. The average Bonchev–Trinajstić information content (AvgIpc) is 2.59. The monoisotopic (exact) mass is 202 g/mol. The van der Waals surface area contributed by atoms with Gasteiger partial charge in [0.1, 0.15) is 0 Å². The van der Waals surface area contributed by atoms with Crippen LogP contribution in [-0.2, 0) is 6.54 Å². The van der Waals surface area contributed by atoms with E-state index in [1.54, 1.807) is 4.80 Å². The quantitative estimate of drug-likeness (QED) is 0.715. The minimum absolute atomic E-state index is 0.577. The maximum Gasteiger partial charge on any atom is 0.239 e. The number of rotatable bonds is 2. The molecule has 0 radical (unpaired) electrons. The van der Waals surface area contributed by atoms with E-state index >= 15 is 0 Å². The van der Waals surface area contributed by atoms with Crippen molar-refractivity contribution in [2.75, 3.05) is 0 Å². The molecule has 1 aliphatic rings. The summed E-state index contributed by atoms with van der Waals surface area (Å²) in [7, 11) is 0. The van der Waals surface area contributed by atoms with E-state index in [0.29, 0.717) is 4.73 Å². The molecular formula is C5H7BrN4. The van der Waals surface area contributed by atoms with Crippen LogP contribution in [0.2, 0.25) is 0 Å². The third-order valence-electron chi connectivity index (χ3n) is 1.55. The van der Waals surface area contributed by atoms with Crippen LogP contribution in [0.5, 0.6) is 0 Å². The van der Waals surface area contributed by atoms with Crippen molar-refractivity contribution < 1.29 is 0 Å². The molecule has 0 bridgehead atoms. The van der Waals surface area contributed by atoms with Crippen LogP contribution in [0.4, 0.5) is 0 Å². The highest BCUT2D eigenvalue weighted by Gasteiger charge is 2.22. The summed E-state index contributed by atoms with van der Waals surface area (Å²) in [5.41, 5.74) is 0. The van der Waals surface area contributed by atoms with Gasteiger partial charge >= 0.3 is 0 Å². The Hall–Kier alpha value is -0.450. The lowest BCUT2D eigenvalue weighted by Crippen LogP contribution is -2.03. The number of hydrogen-bond acceptors (Lipinski definition) is 3. The Labute approximate surface area is 66.7 Å². The van der Waals surface area contributed by atoms with Crippen molar-refractivity contribution in [3.05, 3.63) is 4.73 Å². The predicted molar refractivity (Wildman–Crippen MR) is 38.2 cm³/mol. The second-order valence-corrected chi connectivity index (χ2v) is 3.27. The molecule has 4 nitrogen and oxygen atoms in total. The molecule has 1 aromatic rings. The van der Waals surface area contributed by atoms with Gasteiger partial charge in [0.15, 0.2) is 0 Å². The van der Waals surface area contributed by atoms with Gasteiger partial charge in [0.25, 0.3) is 0 Å². The summed E-state index contributed by atoms with van der Waals surface area (Å²) in [5.74, 6) is 0.807. The Morgan fingerprint density at radius 1 is 1.60 bits per heavy atom. The fourth-order valence-corrected chi connectivity index (χ4v) is 1.09. The number of hydrogen-bond donors (Lipinski definition) is 0. The van der Waals surface area contributed by atoms with Crippen molar-refractivity contribution in [1.82, 2.24) is 20.2 Å². The third-order valence-corrected chi connectivity index (χ3v) is 1.86. The number of halogens is 1. The SMILES string of the molecule is Brc1nnn(CC2CC2)n1. The van der Waals surface area contributed by atoms with Crippen LogP contribution in [0.15, 0.2) is 4.73 Å². The molecule has 2 rings (SSSR count). The summed E-state index contributed by atoms with van der Waals surface area (Å²) in [6, 6.07) is 0. The zero-order chi connectivity index (χ0) is 6.97. The van der Waals surface area contributed by atoms with Crippen molar-refractivity contribution in [3.63, 3.8) is 0 Å². The molecule has 0 amide bonds. The van der Waals surface area contributed by atoms with Gasteiger partial charge in [0, 0.05) is 0 Å². The Bertz CT molecular complexity index is 229. The zero-order valence-corrected chi connectivity index (χ0v) is 6.95. The first-order chi connectivity index (χ1) is 4.84. The van der Waals surface area contributed by atoms with Gasteiger partial charge in [-0.3, -0.25) is 0 Å². The lowest BCUT2D eigenvalue weighted by Gasteiger charge is -1.91. The first-order valence-electron chi connectivity index (χ1n) is 3.28. The summed E-state index contributed by atoms with van der Waals surface area (Å²) < 4.78 is 0.577. The molecule has 1 aliphatic carbocycles. The van der Waals surface area contributed by atoms with Crippen LogP contribution >= 0.6 is 15.9 Å². The topological polar surface area (TPSA) is 43.6 Å². The molecule has 10 heavy (non-hydrogen) atoms. The van der Waals surface area contributed by atoms with Gasteiger partial charge in [-0.15, -0.1) is 10.2 Å². The molecule has 0 aliphatic heterocycles. The first-order valence-corrected chi connectivity index (χ1v) is 4.07. The van der Waals surface area contributed by atoms with Gasteiger partial charge < -0.3 is 0 Å². The molecule has 1 heterocycles. The van der Waals surface area contributed by atoms with E-state index in [1.165, 1.54) is 12.8 Å². The van der Waals surface area contributed by atoms with E-state index in [9.17, 15) is 0 Å². The van der Waals surface area contributed by atoms with Gasteiger partial charge in [-0.05, 0) is 39.9 Å².